The predicted molar refractivity (Wildman–Crippen MR) is 91.9 cm³/mol. The van der Waals surface area contributed by atoms with Crippen LogP contribution in [0.25, 0.3) is 16.7 Å². The molecular weight excluding hydrogens is 274 g/mol. The zero-order valence-electron chi connectivity index (χ0n) is 13.5. The van der Waals surface area contributed by atoms with Crippen LogP contribution >= 0.6 is 0 Å². The molecule has 0 radical (unpaired) electrons. The molecule has 0 unspecified atom stereocenters. The lowest BCUT2D eigenvalue weighted by Gasteiger charge is -2.13. The number of hydrogen-bond acceptors (Lipinski definition) is 3. The van der Waals surface area contributed by atoms with Crippen molar-refractivity contribution in [2.24, 2.45) is 0 Å². The third-order valence-electron chi connectivity index (χ3n) is 3.57. The van der Waals surface area contributed by atoms with Gasteiger partial charge in [0.25, 0.3) is 0 Å². The minimum atomic E-state index is -0.335. The van der Waals surface area contributed by atoms with Gasteiger partial charge in [-0.05, 0) is 47.4 Å². The van der Waals surface area contributed by atoms with Crippen molar-refractivity contribution < 1.29 is 9.53 Å². The predicted octanol–water partition coefficient (Wildman–Crippen LogP) is 4.00. The van der Waals surface area contributed by atoms with E-state index in [2.05, 4.69) is 46.0 Å². The number of rotatable bonds is 4. The molecule has 0 N–H and O–H groups in total. The van der Waals surface area contributed by atoms with Crippen molar-refractivity contribution in [1.29, 1.82) is 0 Å². The average Bonchev–Trinajstić information content (AvgIpc) is 2.54. The van der Waals surface area contributed by atoms with Crippen LogP contribution < -0.4 is 4.90 Å². The zero-order chi connectivity index (χ0) is 16.1. The molecule has 114 valence electrons. The van der Waals surface area contributed by atoms with Gasteiger partial charge >= 0.3 is 5.97 Å². The summed E-state index contributed by atoms with van der Waals surface area (Å²) in [5.41, 5.74) is 5.35. The van der Waals surface area contributed by atoms with Crippen LogP contribution in [0.15, 0.2) is 54.6 Å². The second-order valence-corrected chi connectivity index (χ2v) is 5.37. The molecule has 3 nitrogen and oxygen atoms in total. The first-order valence-corrected chi connectivity index (χ1v) is 7.15. The van der Waals surface area contributed by atoms with Gasteiger partial charge in [-0.15, -0.1) is 0 Å². The minimum absolute atomic E-state index is 0.335. The second-order valence-electron chi connectivity index (χ2n) is 5.37. The fourth-order valence-electron chi connectivity index (χ4n) is 2.22. The molecule has 0 saturated heterocycles. The van der Waals surface area contributed by atoms with Crippen molar-refractivity contribution in [3.05, 3.63) is 60.2 Å². The largest absolute Gasteiger partial charge is 0.466 e. The van der Waals surface area contributed by atoms with E-state index in [4.69, 9.17) is 0 Å². The summed E-state index contributed by atoms with van der Waals surface area (Å²) in [6, 6.07) is 16.5. The van der Waals surface area contributed by atoms with Crippen LogP contribution in [-0.4, -0.2) is 27.2 Å². The molecule has 2 aromatic carbocycles. The molecule has 0 saturated carbocycles. The summed E-state index contributed by atoms with van der Waals surface area (Å²) >= 11 is 0. The van der Waals surface area contributed by atoms with Gasteiger partial charge < -0.3 is 9.64 Å². The van der Waals surface area contributed by atoms with Gasteiger partial charge in [0.15, 0.2) is 0 Å². The number of hydrogen-bond donors (Lipinski definition) is 0. The molecule has 0 atom stereocenters. The maximum Gasteiger partial charge on any atom is 0.330 e. The topological polar surface area (TPSA) is 29.5 Å². The summed E-state index contributed by atoms with van der Waals surface area (Å²) < 4.78 is 4.67. The maximum absolute atomic E-state index is 11.3. The Kier molecular flexibility index (Phi) is 4.99. The first-order valence-electron chi connectivity index (χ1n) is 7.15. The van der Waals surface area contributed by atoms with Crippen LogP contribution in [0.4, 0.5) is 5.69 Å². The zero-order valence-corrected chi connectivity index (χ0v) is 13.5. The van der Waals surface area contributed by atoms with Gasteiger partial charge in [0.1, 0.15) is 0 Å². The highest BCUT2D eigenvalue weighted by Crippen LogP contribution is 2.25. The van der Waals surface area contributed by atoms with Crippen molar-refractivity contribution in [2.45, 2.75) is 6.92 Å². The van der Waals surface area contributed by atoms with Crippen molar-refractivity contribution in [1.82, 2.24) is 0 Å². The Labute approximate surface area is 131 Å². The van der Waals surface area contributed by atoms with E-state index >= 15 is 0 Å². The summed E-state index contributed by atoms with van der Waals surface area (Å²) in [5.74, 6) is -0.335. The SMILES string of the molecule is COC(=O)/C=C(\C)c1cccc(-c2ccc(N(C)C)cc2)c1. The molecule has 0 spiro atoms. The van der Waals surface area contributed by atoms with Gasteiger partial charge in [0.2, 0.25) is 0 Å². The Morgan fingerprint density at radius 3 is 2.32 bits per heavy atom. The Hall–Kier alpha value is -2.55. The van der Waals surface area contributed by atoms with Gasteiger partial charge in [-0.3, -0.25) is 0 Å². The quantitative estimate of drug-likeness (QED) is 0.631. The highest BCUT2D eigenvalue weighted by Gasteiger charge is 2.04. The lowest BCUT2D eigenvalue weighted by molar-refractivity contribution is -0.134. The minimum Gasteiger partial charge on any atom is -0.466 e. The molecule has 2 aromatic rings. The van der Waals surface area contributed by atoms with Crippen LogP contribution in [0.2, 0.25) is 0 Å². The molecule has 0 fully saturated rings. The van der Waals surface area contributed by atoms with Crippen LogP contribution in [0.3, 0.4) is 0 Å². The lowest BCUT2D eigenvalue weighted by Crippen LogP contribution is -2.07. The van der Waals surface area contributed by atoms with E-state index in [0.717, 1.165) is 22.3 Å². The number of methoxy groups -OCH3 is 1. The van der Waals surface area contributed by atoms with Gasteiger partial charge in [-0.25, -0.2) is 4.79 Å². The van der Waals surface area contributed by atoms with Crippen molar-refractivity contribution >= 4 is 17.2 Å². The molecule has 0 aliphatic rings. The first kappa shape index (κ1) is 15.8. The Balaban J connectivity index is 2.32. The standard InChI is InChI=1S/C19H21NO2/c1-14(12-19(21)22-4)16-6-5-7-17(13-16)15-8-10-18(11-9-15)20(2)3/h5-13H,1-4H3/b14-12+. The van der Waals surface area contributed by atoms with Gasteiger partial charge in [0.05, 0.1) is 7.11 Å². The number of allylic oxidation sites excluding steroid dienone is 1. The molecule has 0 heterocycles. The van der Waals surface area contributed by atoms with Crippen LogP contribution in [0.1, 0.15) is 12.5 Å². The number of ether oxygens (including phenoxy) is 1. The molecule has 0 aliphatic heterocycles. The number of esters is 1. The van der Waals surface area contributed by atoms with E-state index in [0.29, 0.717) is 0 Å². The van der Waals surface area contributed by atoms with Gasteiger partial charge in [-0.1, -0.05) is 30.3 Å². The van der Waals surface area contributed by atoms with Crippen LogP contribution in [0.5, 0.6) is 0 Å². The van der Waals surface area contributed by atoms with Crippen molar-refractivity contribution in [3.8, 4) is 11.1 Å². The summed E-state index contributed by atoms with van der Waals surface area (Å²) in [6.45, 7) is 1.91. The average molecular weight is 295 g/mol. The summed E-state index contributed by atoms with van der Waals surface area (Å²) in [5, 5.41) is 0. The van der Waals surface area contributed by atoms with Crippen molar-refractivity contribution in [3.63, 3.8) is 0 Å². The molecular formula is C19H21NO2. The molecule has 3 heteroatoms. The molecule has 22 heavy (non-hydrogen) atoms. The first-order chi connectivity index (χ1) is 10.5. The van der Waals surface area contributed by atoms with E-state index in [1.165, 1.54) is 18.9 Å². The monoisotopic (exact) mass is 295 g/mol. The number of anilines is 1. The van der Waals surface area contributed by atoms with E-state index in [9.17, 15) is 4.79 Å². The molecule has 0 aliphatic carbocycles. The Morgan fingerprint density at radius 2 is 1.73 bits per heavy atom. The van der Waals surface area contributed by atoms with Gasteiger partial charge in [-0.2, -0.15) is 0 Å². The Morgan fingerprint density at radius 1 is 1.05 bits per heavy atom. The third-order valence-corrected chi connectivity index (χ3v) is 3.57. The molecule has 0 aromatic heterocycles. The van der Waals surface area contributed by atoms with Gasteiger partial charge in [0, 0.05) is 25.9 Å². The molecule has 0 amide bonds. The number of benzene rings is 2. The summed E-state index contributed by atoms with van der Waals surface area (Å²) in [4.78, 5) is 13.4. The second kappa shape index (κ2) is 6.94. The number of carbonyl (C=O) groups is 1. The summed E-state index contributed by atoms with van der Waals surface area (Å²) in [6.07, 6.45) is 1.51. The summed E-state index contributed by atoms with van der Waals surface area (Å²) in [7, 11) is 5.43. The van der Waals surface area contributed by atoms with E-state index in [-0.39, 0.29) is 5.97 Å². The Bertz CT molecular complexity index is 685. The number of carbonyl (C=O) groups excluding carboxylic acids is 1. The van der Waals surface area contributed by atoms with Crippen molar-refractivity contribution in [2.75, 3.05) is 26.1 Å². The van der Waals surface area contributed by atoms with Crippen LogP contribution in [-0.2, 0) is 9.53 Å². The van der Waals surface area contributed by atoms with Crippen LogP contribution in [0, 0.1) is 0 Å². The lowest BCUT2D eigenvalue weighted by atomic mass is 9.99. The highest BCUT2D eigenvalue weighted by atomic mass is 16.5. The fourth-order valence-corrected chi connectivity index (χ4v) is 2.22. The highest BCUT2D eigenvalue weighted by molar-refractivity contribution is 5.91. The third kappa shape index (κ3) is 3.76. The van der Waals surface area contributed by atoms with E-state index in [1.807, 2.05) is 33.2 Å². The van der Waals surface area contributed by atoms with E-state index < -0.39 is 0 Å². The molecule has 0 bridgehead atoms. The number of nitrogens with zero attached hydrogens (tertiary/aromatic N) is 1. The van der Waals surface area contributed by atoms with E-state index in [1.54, 1.807) is 0 Å². The normalized spacial score (nSPS) is 11.2. The maximum atomic E-state index is 11.3. The molecule has 2 rings (SSSR count). The smallest absolute Gasteiger partial charge is 0.330 e. The fraction of sp³-hybridized carbons (Fsp3) is 0.211.